The number of hydrogen-bond acceptors (Lipinski definition) is 5. The lowest BCUT2D eigenvalue weighted by Gasteiger charge is -2.38. The molecule has 3 N–H and O–H groups in total. The van der Waals surface area contributed by atoms with Gasteiger partial charge >= 0.3 is 11.8 Å². The zero-order valence-electron chi connectivity index (χ0n) is 16.7. The Kier molecular flexibility index (Phi) is 6.29. The highest BCUT2D eigenvalue weighted by Crippen LogP contribution is 2.35. The maximum atomic E-state index is 14.2. The number of halogens is 1. The molecule has 8 nitrogen and oxygen atoms in total. The number of nitrogens with two attached hydrogens (primary N) is 1. The van der Waals surface area contributed by atoms with Crippen molar-refractivity contribution < 1.29 is 23.5 Å². The predicted octanol–water partition coefficient (Wildman–Crippen LogP) is 2.27. The number of ether oxygens (including phenoxy) is 1. The quantitative estimate of drug-likeness (QED) is 0.745. The minimum Gasteiger partial charge on any atom is -0.494 e. The summed E-state index contributed by atoms with van der Waals surface area (Å²) in [5.41, 5.74) is 6.10. The minimum atomic E-state index is -0.869. The molecule has 9 heteroatoms. The van der Waals surface area contributed by atoms with Crippen LogP contribution in [0.1, 0.15) is 41.7 Å². The van der Waals surface area contributed by atoms with Crippen LogP contribution in [-0.2, 0) is 9.59 Å². The molecule has 0 aliphatic carbocycles. The van der Waals surface area contributed by atoms with Gasteiger partial charge in [0, 0.05) is 12.7 Å². The summed E-state index contributed by atoms with van der Waals surface area (Å²) in [6.45, 7) is 2.35. The number of hydrogen-bond donors (Lipinski definition) is 2. The molecule has 1 aromatic heterocycles. The highest BCUT2D eigenvalue weighted by molar-refractivity contribution is 6.39. The number of methoxy groups -OCH3 is 1. The topological polar surface area (TPSA) is 115 Å². The molecular weight excluding hydrogens is 391 g/mol. The summed E-state index contributed by atoms with van der Waals surface area (Å²) in [7, 11) is 1.38. The third-order valence-corrected chi connectivity index (χ3v) is 5.11. The van der Waals surface area contributed by atoms with Crippen molar-refractivity contribution in [1.82, 2.24) is 9.88 Å². The van der Waals surface area contributed by atoms with Crippen LogP contribution in [0.5, 0.6) is 5.75 Å². The molecule has 0 radical (unpaired) electrons. The molecule has 1 aromatic carbocycles. The molecular formula is C21H23FN4O4. The third-order valence-electron chi connectivity index (χ3n) is 5.11. The molecule has 3 amide bonds. The van der Waals surface area contributed by atoms with E-state index < -0.39 is 29.6 Å². The second kappa shape index (κ2) is 8.89. The fraction of sp³-hybridized carbons (Fsp3) is 0.333. The number of aromatic nitrogens is 1. The second-order valence-corrected chi connectivity index (χ2v) is 7.33. The Morgan fingerprint density at radius 3 is 2.67 bits per heavy atom. The largest absolute Gasteiger partial charge is 0.494 e. The SMILES string of the molecule is COc1ccc([C@H]2CC[C@H](C)CN2C(=O)C(=O)Nc2cncc(C(N)=O)c2)cc1F. The van der Waals surface area contributed by atoms with E-state index in [0.29, 0.717) is 18.5 Å². The summed E-state index contributed by atoms with van der Waals surface area (Å²) in [5, 5.41) is 2.46. The first kappa shape index (κ1) is 21.2. The lowest BCUT2D eigenvalue weighted by Crippen LogP contribution is -2.46. The summed E-state index contributed by atoms with van der Waals surface area (Å²) in [6.07, 6.45) is 4.02. The standard InChI is InChI=1S/C21H23FN4O4/c1-12-3-5-17(13-4-6-18(30-2)16(22)8-13)26(11-12)21(29)20(28)25-15-7-14(19(23)27)9-24-10-15/h4,6-10,12,17H,3,5,11H2,1-2H3,(H2,23,27)(H,25,28)/t12-,17+/m0/s1. The van der Waals surface area contributed by atoms with E-state index in [4.69, 9.17) is 10.5 Å². The van der Waals surface area contributed by atoms with Gasteiger partial charge in [-0.3, -0.25) is 19.4 Å². The van der Waals surface area contributed by atoms with Gasteiger partial charge in [-0.25, -0.2) is 4.39 Å². The Morgan fingerprint density at radius 1 is 1.23 bits per heavy atom. The number of nitrogens with zero attached hydrogens (tertiary/aromatic N) is 2. The Morgan fingerprint density at radius 2 is 2.00 bits per heavy atom. The zero-order chi connectivity index (χ0) is 21.8. The van der Waals surface area contributed by atoms with E-state index in [1.54, 1.807) is 6.07 Å². The van der Waals surface area contributed by atoms with Crippen molar-refractivity contribution in [1.29, 1.82) is 0 Å². The fourth-order valence-electron chi connectivity index (χ4n) is 3.57. The van der Waals surface area contributed by atoms with Crippen LogP contribution in [0.15, 0.2) is 36.7 Å². The number of amides is 3. The number of carbonyl (C=O) groups excluding carboxylic acids is 3. The molecule has 30 heavy (non-hydrogen) atoms. The monoisotopic (exact) mass is 414 g/mol. The number of rotatable bonds is 4. The van der Waals surface area contributed by atoms with Crippen molar-refractivity contribution >= 4 is 23.4 Å². The average Bonchev–Trinajstić information content (AvgIpc) is 2.73. The predicted molar refractivity (Wildman–Crippen MR) is 107 cm³/mol. The van der Waals surface area contributed by atoms with Crippen molar-refractivity contribution in [3.05, 3.63) is 53.6 Å². The Labute approximate surface area is 173 Å². The number of pyridine rings is 1. The van der Waals surface area contributed by atoms with Crippen molar-refractivity contribution in [2.24, 2.45) is 11.7 Å². The van der Waals surface area contributed by atoms with Gasteiger partial charge in [0.1, 0.15) is 0 Å². The molecule has 1 aliphatic heterocycles. The first-order valence-electron chi connectivity index (χ1n) is 9.50. The Hall–Kier alpha value is -3.49. The number of primary amides is 1. The van der Waals surface area contributed by atoms with E-state index >= 15 is 0 Å². The summed E-state index contributed by atoms with van der Waals surface area (Å²) in [5.74, 6) is -2.53. The smallest absolute Gasteiger partial charge is 0.313 e. The number of likely N-dealkylation sites (tertiary alicyclic amines) is 1. The van der Waals surface area contributed by atoms with Crippen molar-refractivity contribution in [2.75, 3.05) is 19.0 Å². The summed E-state index contributed by atoms with van der Waals surface area (Å²) in [4.78, 5) is 42.1. The van der Waals surface area contributed by atoms with Gasteiger partial charge in [-0.15, -0.1) is 0 Å². The summed E-state index contributed by atoms with van der Waals surface area (Å²) < 4.78 is 19.2. The first-order chi connectivity index (χ1) is 14.3. The van der Waals surface area contributed by atoms with Gasteiger partial charge in [-0.05, 0) is 42.5 Å². The summed E-state index contributed by atoms with van der Waals surface area (Å²) in [6, 6.07) is 5.44. The lowest BCUT2D eigenvalue weighted by molar-refractivity contribution is -0.146. The van der Waals surface area contributed by atoms with Crippen LogP contribution in [0.25, 0.3) is 0 Å². The molecule has 1 fully saturated rings. The van der Waals surface area contributed by atoms with Gasteiger partial charge in [-0.1, -0.05) is 13.0 Å². The Bertz CT molecular complexity index is 981. The fourth-order valence-corrected chi connectivity index (χ4v) is 3.57. The van der Waals surface area contributed by atoms with Gasteiger partial charge in [0.2, 0.25) is 5.91 Å². The van der Waals surface area contributed by atoms with Crippen LogP contribution >= 0.6 is 0 Å². The van der Waals surface area contributed by atoms with E-state index in [9.17, 15) is 18.8 Å². The van der Waals surface area contributed by atoms with Crippen molar-refractivity contribution in [3.63, 3.8) is 0 Å². The van der Waals surface area contributed by atoms with Gasteiger partial charge in [0.25, 0.3) is 0 Å². The maximum Gasteiger partial charge on any atom is 0.313 e. The number of anilines is 1. The molecule has 1 aliphatic rings. The molecule has 2 atom stereocenters. The number of nitrogens with one attached hydrogen (secondary N) is 1. The van der Waals surface area contributed by atoms with Crippen LogP contribution < -0.4 is 15.8 Å². The van der Waals surface area contributed by atoms with Gasteiger partial charge < -0.3 is 20.7 Å². The van der Waals surface area contributed by atoms with E-state index in [2.05, 4.69) is 10.3 Å². The first-order valence-corrected chi connectivity index (χ1v) is 9.50. The third kappa shape index (κ3) is 4.56. The van der Waals surface area contributed by atoms with Crippen LogP contribution in [0.2, 0.25) is 0 Å². The molecule has 2 aromatic rings. The van der Waals surface area contributed by atoms with Gasteiger partial charge in [-0.2, -0.15) is 0 Å². The minimum absolute atomic E-state index is 0.110. The number of benzene rings is 1. The average molecular weight is 414 g/mol. The van der Waals surface area contributed by atoms with Gasteiger partial charge in [0.05, 0.1) is 30.6 Å². The van der Waals surface area contributed by atoms with Crippen molar-refractivity contribution in [3.8, 4) is 5.75 Å². The van der Waals surface area contributed by atoms with Crippen LogP contribution in [0.3, 0.4) is 0 Å². The van der Waals surface area contributed by atoms with Crippen LogP contribution in [0, 0.1) is 11.7 Å². The maximum absolute atomic E-state index is 14.2. The van der Waals surface area contributed by atoms with E-state index in [1.165, 1.54) is 42.6 Å². The molecule has 0 bridgehead atoms. The van der Waals surface area contributed by atoms with Crippen LogP contribution in [0.4, 0.5) is 10.1 Å². The molecule has 1 saturated heterocycles. The van der Waals surface area contributed by atoms with Crippen molar-refractivity contribution in [2.45, 2.75) is 25.8 Å². The van der Waals surface area contributed by atoms with E-state index in [-0.39, 0.29) is 22.9 Å². The molecule has 3 rings (SSSR count). The highest BCUT2D eigenvalue weighted by Gasteiger charge is 2.34. The Balaban J connectivity index is 1.82. The molecule has 0 spiro atoms. The molecule has 0 saturated carbocycles. The molecule has 158 valence electrons. The van der Waals surface area contributed by atoms with Crippen LogP contribution in [-0.4, -0.2) is 41.3 Å². The van der Waals surface area contributed by atoms with Gasteiger partial charge in [0.15, 0.2) is 11.6 Å². The highest BCUT2D eigenvalue weighted by atomic mass is 19.1. The lowest BCUT2D eigenvalue weighted by atomic mass is 9.89. The number of piperidine rings is 1. The molecule has 2 heterocycles. The zero-order valence-corrected chi connectivity index (χ0v) is 16.7. The van der Waals surface area contributed by atoms with E-state index in [1.807, 2.05) is 6.92 Å². The normalized spacial score (nSPS) is 18.6. The second-order valence-electron chi connectivity index (χ2n) is 7.33. The molecule has 0 unspecified atom stereocenters. The number of carbonyl (C=O) groups is 3. The van der Waals surface area contributed by atoms with E-state index in [0.717, 1.165) is 6.42 Å². The summed E-state index contributed by atoms with van der Waals surface area (Å²) >= 11 is 0.